The topological polar surface area (TPSA) is 67.4 Å². The second kappa shape index (κ2) is 19.2. The van der Waals surface area contributed by atoms with Gasteiger partial charge in [0.2, 0.25) is 0 Å². The lowest BCUT2D eigenvalue weighted by Gasteiger charge is -2.32. The molecule has 0 spiro atoms. The lowest BCUT2D eigenvalue weighted by Crippen LogP contribution is -2.40. The summed E-state index contributed by atoms with van der Waals surface area (Å²) >= 11 is 0. The van der Waals surface area contributed by atoms with Gasteiger partial charge in [0, 0.05) is 25.7 Å². The van der Waals surface area contributed by atoms with Crippen LogP contribution in [0.4, 0.5) is 0 Å². The summed E-state index contributed by atoms with van der Waals surface area (Å²) in [6.45, 7) is 7.51. The van der Waals surface area contributed by atoms with Gasteiger partial charge in [-0.15, -0.1) is 0 Å². The minimum absolute atomic E-state index is 0.0372. The third-order valence-corrected chi connectivity index (χ3v) is 9.22. The Morgan fingerprint density at radius 2 is 1.44 bits per heavy atom. The lowest BCUT2D eigenvalue weighted by molar-refractivity contribution is -0.164. The van der Waals surface area contributed by atoms with E-state index in [-0.39, 0.29) is 12.4 Å². The number of ether oxygens (including phenoxy) is 6. The van der Waals surface area contributed by atoms with Crippen molar-refractivity contribution in [3.63, 3.8) is 0 Å². The Bertz CT molecular complexity index is 1490. The number of nitrogens with one attached hydrogen (secondary N) is 1. The quantitative estimate of drug-likeness (QED) is 0.111. The molecule has 0 aliphatic carbocycles. The minimum Gasteiger partial charge on any atom is -0.377 e. The van der Waals surface area contributed by atoms with Crippen molar-refractivity contribution >= 4 is 10.8 Å². The number of piperidine rings is 1. The van der Waals surface area contributed by atoms with Crippen LogP contribution < -0.4 is 5.32 Å². The maximum atomic E-state index is 6.61. The molecule has 6 rings (SSSR count). The van der Waals surface area contributed by atoms with Crippen molar-refractivity contribution in [3.8, 4) is 0 Å². The van der Waals surface area contributed by atoms with Crippen LogP contribution in [0.2, 0.25) is 0 Å². The largest absolute Gasteiger partial charge is 0.377 e. The summed E-state index contributed by atoms with van der Waals surface area (Å²) < 4.78 is 35.8. The first-order chi connectivity index (χ1) is 23.8. The highest BCUT2D eigenvalue weighted by atomic mass is 16.7. The molecule has 0 amide bonds. The van der Waals surface area contributed by atoms with E-state index in [1.807, 2.05) is 18.2 Å². The Hall–Kier alpha value is -3.14. The molecule has 0 bridgehead atoms. The van der Waals surface area contributed by atoms with E-state index in [0.717, 1.165) is 45.4 Å². The van der Waals surface area contributed by atoms with E-state index in [1.54, 1.807) is 0 Å². The number of hydrogen-bond donors (Lipinski definition) is 1. The van der Waals surface area contributed by atoms with Crippen LogP contribution in [-0.2, 0) is 54.8 Å². The maximum absolute atomic E-state index is 6.61. The van der Waals surface area contributed by atoms with E-state index in [2.05, 4.69) is 78.1 Å². The molecule has 2 heterocycles. The van der Waals surface area contributed by atoms with Gasteiger partial charge in [0.1, 0.15) is 0 Å². The first kappa shape index (κ1) is 34.7. The summed E-state index contributed by atoms with van der Waals surface area (Å²) in [5.74, 6) is 0.352. The second-order valence-electron chi connectivity index (χ2n) is 12.8. The summed E-state index contributed by atoms with van der Waals surface area (Å²) in [7, 11) is 0. The van der Waals surface area contributed by atoms with Gasteiger partial charge in [0.25, 0.3) is 0 Å². The molecule has 2 fully saturated rings. The van der Waals surface area contributed by atoms with Crippen LogP contribution in [0.3, 0.4) is 0 Å². The molecule has 48 heavy (non-hydrogen) atoms. The molecule has 0 radical (unpaired) electrons. The molecule has 4 aromatic rings. The zero-order valence-corrected chi connectivity index (χ0v) is 28.2. The van der Waals surface area contributed by atoms with Crippen LogP contribution in [0, 0.1) is 0 Å². The predicted molar refractivity (Wildman–Crippen MR) is 189 cm³/mol. The summed E-state index contributed by atoms with van der Waals surface area (Å²) in [6, 6.07) is 32.2. The molecule has 256 valence electrons. The Morgan fingerprint density at radius 1 is 0.646 bits per heavy atom. The molecule has 7 nitrogen and oxygen atoms in total. The monoisotopic (exact) mass is 653 g/mol. The fourth-order valence-electron chi connectivity index (χ4n) is 6.52. The zero-order valence-electron chi connectivity index (χ0n) is 28.2. The van der Waals surface area contributed by atoms with Crippen LogP contribution in [0.15, 0.2) is 91.0 Å². The highest BCUT2D eigenvalue weighted by Crippen LogP contribution is 2.29. The molecular formula is C41H51NO6. The Labute approximate surface area is 285 Å². The van der Waals surface area contributed by atoms with Crippen molar-refractivity contribution in [2.75, 3.05) is 46.1 Å². The predicted octanol–water partition coefficient (Wildman–Crippen LogP) is 7.69. The summed E-state index contributed by atoms with van der Waals surface area (Å²) in [5, 5.41) is 5.99. The second-order valence-corrected chi connectivity index (χ2v) is 12.8. The van der Waals surface area contributed by atoms with Gasteiger partial charge < -0.3 is 33.7 Å². The SMILES string of the molecule is c1ccc(COCCOCc2ccc(C3CCNCC3OCc3ccc4cccc(COCCCOC5CCCCO5)c4c3)cc2)cc1. The van der Waals surface area contributed by atoms with Crippen molar-refractivity contribution in [3.05, 3.63) is 119 Å². The molecule has 0 saturated carbocycles. The van der Waals surface area contributed by atoms with Crippen molar-refractivity contribution in [2.45, 2.75) is 76.8 Å². The standard InChI is InChI=1S/C41H51NO6/c1-2-8-32(9-3-1)28-44-24-25-45-29-33-13-16-36(17-14-33)38-19-20-42-27-40(38)48-30-34-15-18-35-10-6-11-37(39(35)26-34)31-43-21-7-23-47-41-12-4-5-22-46-41/h1-3,6,8-11,13-18,26,38,40-42H,4-5,7,12,19-25,27-31H2. The highest BCUT2D eigenvalue weighted by Gasteiger charge is 2.27. The zero-order chi connectivity index (χ0) is 32.6. The van der Waals surface area contributed by atoms with Gasteiger partial charge in [-0.25, -0.2) is 0 Å². The van der Waals surface area contributed by atoms with Gasteiger partial charge in [-0.2, -0.15) is 0 Å². The van der Waals surface area contributed by atoms with E-state index in [4.69, 9.17) is 28.4 Å². The van der Waals surface area contributed by atoms with Crippen molar-refractivity contribution in [1.82, 2.24) is 5.32 Å². The molecule has 1 N–H and O–H groups in total. The van der Waals surface area contributed by atoms with E-state index >= 15 is 0 Å². The van der Waals surface area contributed by atoms with Crippen LogP contribution in [0.1, 0.15) is 65.8 Å². The normalized spacial score (nSPS) is 19.9. The maximum Gasteiger partial charge on any atom is 0.157 e. The van der Waals surface area contributed by atoms with Gasteiger partial charge in [-0.1, -0.05) is 84.9 Å². The third kappa shape index (κ3) is 10.7. The van der Waals surface area contributed by atoms with E-state index in [0.29, 0.717) is 58.8 Å². The van der Waals surface area contributed by atoms with Gasteiger partial charge in [0.15, 0.2) is 6.29 Å². The average Bonchev–Trinajstić information content (AvgIpc) is 3.15. The smallest absolute Gasteiger partial charge is 0.157 e. The van der Waals surface area contributed by atoms with Crippen LogP contribution >= 0.6 is 0 Å². The Balaban J connectivity index is 0.946. The summed E-state index contributed by atoms with van der Waals surface area (Å²) in [6.07, 6.45) is 5.31. The van der Waals surface area contributed by atoms with E-state index < -0.39 is 0 Å². The first-order valence-corrected chi connectivity index (χ1v) is 17.7. The number of benzene rings is 4. The fourth-order valence-corrected chi connectivity index (χ4v) is 6.52. The minimum atomic E-state index is -0.0372. The van der Waals surface area contributed by atoms with Gasteiger partial charge in [-0.05, 0) is 83.3 Å². The summed E-state index contributed by atoms with van der Waals surface area (Å²) in [4.78, 5) is 0. The molecule has 3 atom stereocenters. The molecule has 2 saturated heterocycles. The number of fused-ring (bicyclic) bond motifs is 1. The van der Waals surface area contributed by atoms with E-state index in [1.165, 1.54) is 45.0 Å². The van der Waals surface area contributed by atoms with Crippen LogP contribution in [-0.4, -0.2) is 58.5 Å². The molecule has 3 unspecified atom stereocenters. The average molecular weight is 654 g/mol. The van der Waals surface area contributed by atoms with Gasteiger partial charge in [0.05, 0.1) is 52.4 Å². The van der Waals surface area contributed by atoms with E-state index in [9.17, 15) is 0 Å². The van der Waals surface area contributed by atoms with Gasteiger partial charge in [-0.3, -0.25) is 0 Å². The number of rotatable bonds is 18. The molecule has 2 aliphatic heterocycles. The summed E-state index contributed by atoms with van der Waals surface area (Å²) in [5.41, 5.74) is 6.06. The van der Waals surface area contributed by atoms with Crippen molar-refractivity contribution in [1.29, 1.82) is 0 Å². The molecule has 0 aromatic heterocycles. The van der Waals surface area contributed by atoms with Crippen LogP contribution in [0.5, 0.6) is 0 Å². The van der Waals surface area contributed by atoms with Crippen LogP contribution in [0.25, 0.3) is 10.8 Å². The molecule has 7 heteroatoms. The van der Waals surface area contributed by atoms with Gasteiger partial charge >= 0.3 is 0 Å². The lowest BCUT2D eigenvalue weighted by atomic mass is 9.87. The molecular weight excluding hydrogens is 602 g/mol. The van der Waals surface area contributed by atoms with Crippen molar-refractivity contribution in [2.24, 2.45) is 0 Å². The Morgan fingerprint density at radius 3 is 2.25 bits per heavy atom. The third-order valence-electron chi connectivity index (χ3n) is 9.22. The first-order valence-electron chi connectivity index (χ1n) is 17.7. The highest BCUT2D eigenvalue weighted by molar-refractivity contribution is 5.86. The molecule has 4 aromatic carbocycles. The fraction of sp³-hybridized carbons (Fsp3) is 0.463. The number of hydrogen-bond acceptors (Lipinski definition) is 7. The van der Waals surface area contributed by atoms with Crippen molar-refractivity contribution < 1.29 is 28.4 Å². The Kier molecular flexibility index (Phi) is 13.9. The molecule has 2 aliphatic rings.